The van der Waals surface area contributed by atoms with Crippen molar-refractivity contribution in [2.75, 3.05) is 25.1 Å². The van der Waals surface area contributed by atoms with Gasteiger partial charge in [-0.15, -0.1) is 0 Å². The van der Waals surface area contributed by atoms with Gasteiger partial charge < -0.3 is 20.8 Å². The minimum Gasteiger partial charge on any atom is -0.465 e. The zero-order chi connectivity index (χ0) is 28.9. The molecule has 2 amide bonds. The number of nitrogens with two attached hydrogens (primary N) is 1. The van der Waals surface area contributed by atoms with Gasteiger partial charge in [-0.25, -0.2) is 17.9 Å². The van der Waals surface area contributed by atoms with Crippen LogP contribution in [-0.4, -0.2) is 54.9 Å². The fourth-order valence-corrected chi connectivity index (χ4v) is 5.62. The van der Waals surface area contributed by atoms with E-state index in [4.69, 9.17) is 5.73 Å². The van der Waals surface area contributed by atoms with Crippen LogP contribution in [0.15, 0.2) is 66.7 Å². The number of nitrogens with one attached hydrogen (secondary N) is 1. The first-order chi connectivity index (χ1) is 19.0. The lowest BCUT2D eigenvalue weighted by Crippen LogP contribution is -2.35. The predicted octanol–water partition coefficient (Wildman–Crippen LogP) is 4.54. The third-order valence-electron chi connectivity index (χ3n) is 7.31. The Morgan fingerprint density at radius 3 is 2.23 bits per heavy atom. The van der Waals surface area contributed by atoms with Crippen LogP contribution >= 0.6 is 0 Å². The maximum Gasteiger partial charge on any atom is 0.407 e. The number of aliphatic hydroxyl groups excluding tert-OH is 1. The molecule has 212 valence electrons. The molecule has 0 aliphatic heterocycles. The van der Waals surface area contributed by atoms with Gasteiger partial charge in [-0.2, -0.15) is 0 Å². The van der Waals surface area contributed by atoms with Crippen LogP contribution in [0.2, 0.25) is 0 Å². The molecular weight excluding hydrogens is 530 g/mol. The lowest BCUT2D eigenvalue weighted by molar-refractivity contribution is 0.0971. The van der Waals surface area contributed by atoms with Crippen molar-refractivity contribution in [2.24, 2.45) is 0 Å². The van der Waals surface area contributed by atoms with Gasteiger partial charge in [-0.1, -0.05) is 61.4 Å². The van der Waals surface area contributed by atoms with E-state index in [1.165, 1.54) is 4.90 Å². The van der Waals surface area contributed by atoms with Gasteiger partial charge in [0.15, 0.2) is 0 Å². The Morgan fingerprint density at radius 2 is 1.62 bits per heavy atom. The molecule has 0 saturated heterocycles. The van der Waals surface area contributed by atoms with Crippen molar-refractivity contribution in [3.63, 3.8) is 0 Å². The van der Waals surface area contributed by atoms with Gasteiger partial charge in [0.1, 0.15) is 0 Å². The first kappa shape index (κ1) is 29.1. The minimum absolute atomic E-state index is 0.0550. The summed E-state index contributed by atoms with van der Waals surface area (Å²) in [5.41, 5.74) is 10.9. The molecule has 0 spiro atoms. The molecule has 1 saturated carbocycles. The number of hydrogen-bond acceptors (Lipinski definition) is 6. The highest BCUT2D eigenvalue weighted by Gasteiger charge is 2.24. The summed E-state index contributed by atoms with van der Waals surface area (Å²) < 4.78 is 25.4. The molecule has 10 heteroatoms. The maximum absolute atomic E-state index is 12.7. The van der Waals surface area contributed by atoms with Crippen molar-refractivity contribution in [1.29, 1.82) is 0 Å². The van der Waals surface area contributed by atoms with E-state index >= 15 is 0 Å². The monoisotopic (exact) mass is 565 g/mol. The number of nitrogen functional groups attached to an aromatic ring is 1. The fourth-order valence-electron chi connectivity index (χ4n) is 5.17. The summed E-state index contributed by atoms with van der Waals surface area (Å²) in [4.78, 5) is 25.7. The van der Waals surface area contributed by atoms with E-state index in [0.29, 0.717) is 23.2 Å². The van der Waals surface area contributed by atoms with Gasteiger partial charge in [-0.05, 0) is 71.2 Å². The van der Waals surface area contributed by atoms with Gasteiger partial charge in [0.2, 0.25) is 10.0 Å². The molecule has 3 aromatic rings. The Bertz CT molecular complexity index is 1450. The number of benzene rings is 3. The SMILES string of the molecule is CS(=O)(=O)NC(=O)c1ccc(-c2ccc(CCN(C[C@@H](O)c3ccc(N)cc3)C(=O)O)cc2)cc1C1CCCC1. The highest BCUT2D eigenvalue weighted by molar-refractivity contribution is 7.89. The normalized spacial score (nSPS) is 14.6. The quantitative estimate of drug-likeness (QED) is 0.264. The Morgan fingerprint density at radius 1 is 1.00 bits per heavy atom. The summed E-state index contributed by atoms with van der Waals surface area (Å²) in [5, 5.41) is 20.2. The summed E-state index contributed by atoms with van der Waals surface area (Å²) in [6.45, 7) is 0.164. The summed E-state index contributed by atoms with van der Waals surface area (Å²) in [7, 11) is -3.68. The largest absolute Gasteiger partial charge is 0.465 e. The number of hydrogen-bond donors (Lipinski definition) is 4. The molecule has 9 nitrogen and oxygen atoms in total. The summed E-state index contributed by atoms with van der Waals surface area (Å²) in [6.07, 6.45) is 3.42. The van der Waals surface area contributed by atoms with Gasteiger partial charge in [0.05, 0.1) is 18.9 Å². The molecule has 1 aliphatic rings. The van der Waals surface area contributed by atoms with Crippen LogP contribution in [0.3, 0.4) is 0 Å². The van der Waals surface area contributed by atoms with E-state index in [9.17, 15) is 28.2 Å². The number of carbonyl (C=O) groups is 2. The molecule has 0 radical (unpaired) electrons. The van der Waals surface area contributed by atoms with E-state index in [-0.39, 0.29) is 19.0 Å². The Kier molecular flexibility index (Phi) is 9.11. The second-order valence-electron chi connectivity index (χ2n) is 10.3. The summed E-state index contributed by atoms with van der Waals surface area (Å²) >= 11 is 0. The van der Waals surface area contributed by atoms with Crippen LogP contribution in [-0.2, 0) is 16.4 Å². The van der Waals surface area contributed by atoms with E-state index in [2.05, 4.69) is 4.72 Å². The van der Waals surface area contributed by atoms with Crippen molar-refractivity contribution in [3.8, 4) is 11.1 Å². The number of carbonyl (C=O) groups excluding carboxylic acids is 1. The molecule has 0 heterocycles. The van der Waals surface area contributed by atoms with E-state index in [0.717, 1.165) is 54.2 Å². The van der Waals surface area contributed by atoms with Crippen molar-refractivity contribution in [2.45, 2.75) is 44.1 Å². The van der Waals surface area contributed by atoms with E-state index in [1.54, 1.807) is 30.3 Å². The number of anilines is 1. The first-order valence-corrected chi connectivity index (χ1v) is 15.2. The topological polar surface area (TPSA) is 150 Å². The van der Waals surface area contributed by atoms with Gasteiger partial charge in [0.25, 0.3) is 5.91 Å². The summed E-state index contributed by atoms with van der Waals surface area (Å²) in [5.74, 6) is -0.416. The number of sulfonamides is 1. The zero-order valence-electron chi connectivity index (χ0n) is 22.4. The molecule has 0 bridgehead atoms. The van der Waals surface area contributed by atoms with Crippen molar-refractivity contribution >= 4 is 27.7 Å². The smallest absolute Gasteiger partial charge is 0.407 e. The maximum atomic E-state index is 12.7. The van der Waals surface area contributed by atoms with Crippen molar-refractivity contribution in [3.05, 3.63) is 89.0 Å². The minimum atomic E-state index is -3.68. The second kappa shape index (κ2) is 12.5. The highest BCUT2D eigenvalue weighted by atomic mass is 32.2. The zero-order valence-corrected chi connectivity index (χ0v) is 23.2. The first-order valence-electron chi connectivity index (χ1n) is 13.3. The predicted molar refractivity (Wildman–Crippen MR) is 155 cm³/mol. The van der Waals surface area contributed by atoms with E-state index in [1.807, 2.05) is 36.4 Å². The Balaban J connectivity index is 1.46. The van der Waals surface area contributed by atoms with Crippen LogP contribution in [0.1, 0.15) is 64.8 Å². The van der Waals surface area contributed by atoms with Crippen LogP contribution in [0.5, 0.6) is 0 Å². The lowest BCUT2D eigenvalue weighted by Gasteiger charge is -2.23. The van der Waals surface area contributed by atoms with Crippen molar-refractivity contribution < 1.29 is 28.2 Å². The average Bonchev–Trinajstić information content (AvgIpc) is 3.45. The van der Waals surface area contributed by atoms with E-state index < -0.39 is 28.1 Å². The standard InChI is InChI=1S/C30H35N3O6S/c1-40(38,39)32-29(35)26-15-12-24(18-27(26)22-4-2-3-5-22)21-8-6-20(7-9-21)16-17-33(30(36)37)19-28(34)23-10-13-25(31)14-11-23/h6-15,18,22,28,34H,2-5,16-17,19,31H2,1H3,(H,32,35)(H,36,37)/t28-/m1/s1. The molecule has 4 rings (SSSR count). The number of rotatable bonds is 10. The third-order valence-corrected chi connectivity index (χ3v) is 7.87. The molecule has 0 aromatic heterocycles. The van der Waals surface area contributed by atoms with Crippen LogP contribution in [0.4, 0.5) is 10.5 Å². The number of nitrogens with zero attached hydrogens (tertiary/aromatic N) is 1. The Labute approximate surface area is 234 Å². The average molecular weight is 566 g/mol. The molecule has 1 atom stereocenters. The molecule has 40 heavy (non-hydrogen) atoms. The fraction of sp³-hybridized carbons (Fsp3) is 0.333. The number of carboxylic acid groups (broad SMARTS) is 1. The van der Waals surface area contributed by atoms with Crippen LogP contribution in [0.25, 0.3) is 11.1 Å². The van der Waals surface area contributed by atoms with Gasteiger partial charge in [0, 0.05) is 17.8 Å². The molecule has 1 fully saturated rings. The van der Waals surface area contributed by atoms with Crippen LogP contribution in [0, 0.1) is 0 Å². The van der Waals surface area contributed by atoms with Gasteiger partial charge in [-0.3, -0.25) is 4.79 Å². The Hall–Kier alpha value is -3.89. The van der Waals surface area contributed by atoms with Crippen molar-refractivity contribution in [1.82, 2.24) is 9.62 Å². The number of amides is 2. The molecule has 0 unspecified atom stereocenters. The summed E-state index contributed by atoms with van der Waals surface area (Å²) in [6, 6.07) is 20.0. The molecule has 1 aliphatic carbocycles. The highest BCUT2D eigenvalue weighted by Crippen LogP contribution is 2.38. The second-order valence-corrected chi connectivity index (χ2v) is 12.1. The lowest BCUT2D eigenvalue weighted by atomic mass is 9.89. The number of aliphatic hydroxyl groups is 1. The third kappa shape index (κ3) is 7.61. The van der Waals surface area contributed by atoms with Gasteiger partial charge >= 0.3 is 6.09 Å². The molecule has 5 N–H and O–H groups in total. The molecule has 3 aromatic carbocycles. The van der Waals surface area contributed by atoms with Crippen LogP contribution < -0.4 is 10.5 Å². The molecular formula is C30H35N3O6S.